The van der Waals surface area contributed by atoms with E-state index in [4.69, 9.17) is 5.11 Å². The molecule has 0 spiro atoms. The molecule has 2 atom stereocenters. The minimum Gasteiger partial charge on any atom is -0.478 e. The van der Waals surface area contributed by atoms with Crippen molar-refractivity contribution in [2.45, 2.75) is 33.6 Å². The fraction of sp³-hybridized carbons (Fsp3) is 0.643. The number of hydrogen-bond acceptors (Lipinski definition) is 2. The Balaban J connectivity index is 2.85. The topological polar surface area (TPSA) is 40.5 Å². The van der Waals surface area contributed by atoms with E-state index in [0.717, 1.165) is 18.8 Å². The first kappa shape index (κ1) is 13.8. The Morgan fingerprint density at radius 1 is 1.29 bits per heavy atom. The van der Waals surface area contributed by atoms with Crippen LogP contribution in [0.15, 0.2) is 23.9 Å². The van der Waals surface area contributed by atoms with Gasteiger partial charge in [0.05, 0.1) is 0 Å². The number of aliphatic carboxylic acids is 1. The molecule has 1 heterocycles. The first-order valence-corrected chi connectivity index (χ1v) is 6.38. The van der Waals surface area contributed by atoms with Gasteiger partial charge in [0.1, 0.15) is 0 Å². The molecule has 3 heteroatoms. The summed E-state index contributed by atoms with van der Waals surface area (Å²) in [6, 6.07) is 0. The largest absolute Gasteiger partial charge is 0.478 e. The minimum atomic E-state index is -0.841. The summed E-state index contributed by atoms with van der Waals surface area (Å²) in [6.07, 6.45) is 7.89. The molecule has 96 valence electrons. The standard InChI is InChI=1S/C14H23NO2/c1-4-7-11(2)12(3)13(10-14(16)17)15-8-5-6-9-15/h4,7,10-12H,5-6,8-9H2,1-3H3,(H,16,17)/b7-4+,13-10-/t11-,12+/m0/s1. The molecule has 1 fully saturated rings. The zero-order valence-corrected chi connectivity index (χ0v) is 11.0. The van der Waals surface area contributed by atoms with Gasteiger partial charge in [-0.1, -0.05) is 26.0 Å². The van der Waals surface area contributed by atoms with Crippen LogP contribution >= 0.6 is 0 Å². The number of likely N-dealkylation sites (tertiary alicyclic amines) is 1. The fourth-order valence-corrected chi connectivity index (χ4v) is 2.35. The van der Waals surface area contributed by atoms with Crippen LogP contribution in [0.1, 0.15) is 33.6 Å². The quantitative estimate of drug-likeness (QED) is 0.590. The van der Waals surface area contributed by atoms with Crippen molar-refractivity contribution in [3.05, 3.63) is 23.9 Å². The van der Waals surface area contributed by atoms with Crippen molar-refractivity contribution in [2.24, 2.45) is 11.8 Å². The Morgan fingerprint density at radius 3 is 2.35 bits per heavy atom. The molecule has 0 aromatic heterocycles. The number of hydrogen-bond donors (Lipinski definition) is 1. The number of nitrogens with zero attached hydrogens (tertiary/aromatic N) is 1. The number of carboxylic acids is 1. The maximum Gasteiger partial charge on any atom is 0.330 e. The summed E-state index contributed by atoms with van der Waals surface area (Å²) >= 11 is 0. The number of allylic oxidation sites excluding steroid dienone is 3. The van der Waals surface area contributed by atoms with Gasteiger partial charge in [-0.05, 0) is 25.7 Å². The van der Waals surface area contributed by atoms with E-state index in [0.29, 0.717) is 5.92 Å². The van der Waals surface area contributed by atoms with Gasteiger partial charge in [0.15, 0.2) is 0 Å². The van der Waals surface area contributed by atoms with Gasteiger partial charge in [-0.25, -0.2) is 4.79 Å². The van der Waals surface area contributed by atoms with Gasteiger partial charge in [0.2, 0.25) is 0 Å². The molecule has 0 radical (unpaired) electrons. The van der Waals surface area contributed by atoms with E-state index in [2.05, 4.69) is 24.8 Å². The van der Waals surface area contributed by atoms with Crippen molar-refractivity contribution in [1.29, 1.82) is 0 Å². The lowest BCUT2D eigenvalue weighted by Gasteiger charge is -2.29. The average molecular weight is 237 g/mol. The van der Waals surface area contributed by atoms with E-state index in [1.54, 1.807) is 0 Å². The Morgan fingerprint density at radius 2 is 1.88 bits per heavy atom. The molecule has 1 aliphatic rings. The summed E-state index contributed by atoms with van der Waals surface area (Å²) in [5.41, 5.74) is 0.973. The van der Waals surface area contributed by atoms with Gasteiger partial charge in [-0.3, -0.25) is 0 Å². The predicted molar refractivity (Wildman–Crippen MR) is 69.7 cm³/mol. The van der Waals surface area contributed by atoms with Crippen molar-refractivity contribution in [3.8, 4) is 0 Å². The van der Waals surface area contributed by atoms with E-state index < -0.39 is 5.97 Å². The smallest absolute Gasteiger partial charge is 0.330 e. The lowest BCUT2D eigenvalue weighted by atomic mass is 9.91. The van der Waals surface area contributed by atoms with Crippen molar-refractivity contribution in [1.82, 2.24) is 4.90 Å². The van der Waals surface area contributed by atoms with Gasteiger partial charge in [0, 0.05) is 30.8 Å². The number of rotatable bonds is 5. The molecule has 1 saturated heterocycles. The Bertz CT molecular complexity index is 314. The van der Waals surface area contributed by atoms with Crippen molar-refractivity contribution < 1.29 is 9.90 Å². The second-order valence-electron chi connectivity index (χ2n) is 4.78. The highest BCUT2D eigenvalue weighted by molar-refractivity contribution is 5.80. The maximum absolute atomic E-state index is 10.9. The van der Waals surface area contributed by atoms with Crippen LogP contribution in [-0.4, -0.2) is 29.1 Å². The zero-order chi connectivity index (χ0) is 12.8. The van der Waals surface area contributed by atoms with Gasteiger partial charge in [-0.2, -0.15) is 0 Å². The van der Waals surface area contributed by atoms with Crippen LogP contribution in [0.4, 0.5) is 0 Å². The first-order chi connectivity index (χ1) is 8.06. The molecular formula is C14H23NO2. The molecule has 0 bridgehead atoms. The second kappa shape index (κ2) is 6.48. The predicted octanol–water partition coefficient (Wildman–Crippen LogP) is 2.90. The molecule has 1 aliphatic heterocycles. The Hall–Kier alpha value is -1.25. The van der Waals surface area contributed by atoms with Crippen LogP contribution in [-0.2, 0) is 4.79 Å². The van der Waals surface area contributed by atoms with Crippen LogP contribution in [0.3, 0.4) is 0 Å². The third-order valence-corrected chi connectivity index (χ3v) is 3.49. The number of carboxylic acid groups (broad SMARTS) is 1. The third kappa shape index (κ3) is 3.91. The lowest BCUT2D eigenvalue weighted by molar-refractivity contribution is -0.131. The van der Waals surface area contributed by atoms with E-state index in [1.807, 2.05) is 13.0 Å². The normalized spacial score (nSPS) is 20.9. The lowest BCUT2D eigenvalue weighted by Crippen LogP contribution is -2.26. The summed E-state index contributed by atoms with van der Waals surface area (Å²) in [5.74, 6) is -0.224. The molecular weight excluding hydrogens is 214 g/mol. The highest BCUT2D eigenvalue weighted by Crippen LogP contribution is 2.27. The van der Waals surface area contributed by atoms with Crippen molar-refractivity contribution in [3.63, 3.8) is 0 Å². The molecule has 0 saturated carbocycles. The summed E-state index contributed by atoms with van der Waals surface area (Å²) < 4.78 is 0. The maximum atomic E-state index is 10.9. The van der Waals surface area contributed by atoms with E-state index in [-0.39, 0.29) is 5.92 Å². The van der Waals surface area contributed by atoms with Gasteiger partial charge >= 0.3 is 5.97 Å². The minimum absolute atomic E-state index is 0.250. The molecule has 1 rings (SSSR count). The Kier molecular flexibility index (Phi) is 5.26. The van der Waals surface area contributed by atoms with Crippen molar-refractivity contribution >= 4 is 5.97 Å². The van der Waals surface area contributed by atoms with Crippen LogP contribution < -0.4 is 0 Å². The van der Waals surface area contributed by atoms with Crippen LogP contribution in [0.25, 0.3) is 0 Å². The third-order valence-electron chi connectivity index (χ3n) is 3.49. The summed E-state index contributed by atoms with van der Waals surface area (Å²) in [7, 11) is 0. The van der Waals surface area contributed by atoms with Crippen LogP contribution in [0.2, 0.25) is 0 Å². The van der Waals surface area contributed by atoms with Gasteiger partial charge in [-0.15, -0.1) is 0 Å². The monoisotopic (exact) mass is 237 g/mol. The highest BCUT2D eigenvalue weighted by atomic mass is 16.4. The van der Waals surface area contributed by atoms with E-state index >= 15 is 0 Å². The molecule has 17 heavy (non-hydrogen) atoms. The van der Waals surface area contributed by atoms with Crippen LogP contribution in [0, 0.1) is 11.8 Å². The van der Waals surface area contributed by atoms with E-state index in [9.17, 15) is 4.79 Å². The summed E-state index contributed by atoms with van der Waals surface area (Å²) in [4.78, 5) is 13.2. The van der Waals surface area contributed by atoms with E-state index in [1.165, 1.54) is 18.9 Å². The molecule has 0 aromatic rings. The Labute approximate surface area is 104 Å². The van der Waals surface area contributed by atoms with Crippen molar-refractivity contribution in [2.75, 3.05) is 13.1 Å². The summed E-state index contributed by atoms with van der Waals surface area (Å²) in [5, 5.41) is 8.98. The second-order valence-corrected chi connectivity index (χ2v) is 4.78. The first-order valence-electron chi connectivity index (χ1n) is 6.38. The van der Waals surface area contributed by atoms with Crippen LogP contribution in [0.5, 0.6) is 0 Å². The molecule has 0 aliphatic carbocycles. The summed E-state index contributed by atoms with van der Waals surface area (Å²) in [6.45, 7) is 8.23. The highest BCUT2D eigenvalue weighted by Gasteiger charge is 2.23. The molecule has 0 unspecified atom stereocenters. The molecule has 1 N–H and O–H groups in total. The molecule has 3 nitrogen and oxygen atoms in total. The number of carbonyl (C=O) groups is 1. The zero-order valence-electron chi connectivity index (χ0n) is 11.0. The fourth-order valence-electron chi connectivity index (χ4n) is 2.35. The molecule has 0 amide bonds. The van der Waals surface area contributed by atoms with Gasteiger partial charge in [0.25, 0.3) is 0 Å². The van der Waals surface area contributed by atoms with Gasteiger partial charge < -0.3 is 10.0 Å². The average Bonchev–Trinajstić information content (AvgIpc) is 2.78. The SMILES string of the molecule is C/C=C/[C@H](C)[C@@H](C)/C(=C/C(=O)O)N1CCCC1. The molecule has 0 aromatic carbocycles.